The molecule has 1 aliphatic rings. The normalized spacial score (nSPS) is 21.9. The molecule has 1 amide bonds. The Morgan fingerprint density at radius 2 is 2.00 bits per heavy atom. The largest absolute Gasteiger partial charge is 0.337 e. The number of amides is 1. The van der Waals surface area contributed by atoms with E-state index in [-0.39, 0.29) is 11.3 Å². The summed E-state index contributed by atoms with van der Waals surface area (Å²) >= 11 is 1.51. The molecule has 1 aromatic carbocycles. The molecule has 22 heavy (non-hydrogen) atoms. The number of hydrogen-bond donors (Lipinski definition) is 0. The van der Waals surface area contributed by atoms with E-state index in [4.69, 9.17) is 0 Å². The standard InChI is InChI=1S/C18H22N2OS/c1-13-16(22-14(2)19-13)17(21)20-11-7-10-18(3,12-20)15-8-5-4-6-9-15/h4-6,8-9H,7,10-12H2,1-3H3. The lowest BCUT2D eigenvalue weighted by molar-refractivity contribution is 0.0655. The minimum Gasteiger partial charge on any atom is -0.337 e. The highest BCUT2D eigenvalue weighted by molar-refractivity contribution is 7.13. The molecule has 1 aliphatic heterocycles. The zero-order valence-corrected chi connectivity index (χ0v) is 14.2. The van der Waals surface area contributed by atoms with Gasteiger partial charge in [-0.15, -0.1) is 11.3 Å². The predicted octanol–water partition coefficient (Wildman–Crippen LogP) is 3.95. The Kier molecular flexibility index (Phi) is 4.04. The number of thiazole rings is 1. The van der Waals surface area contributed by atoms with Crippen molar-refractivity contribution < 1.29 is 4.79 Å². The summed E-state index contributed by atoms with van der Waals surface area (Å²) < 4.78 is 0. The Bertz CT molecular complexity index is 680. The summed E-state index contributed by atoms with van der Waals surface area (Å²) in [5, 5.41) is 0.962. The molecule has 0 N–H and O–H groups in total. The maximum absolute atomic E-state index is 12.8. The van der Waals surface area contributed by atoms with Crippen LogP contribution in [0.1, 0.15) is 45.7 Å². The first-order valence-electron chi connectivity index (χ1n) is 7.78. The number of piperidine rings is 1. The van der Waals surface area contributed by atoms with Crippen molar-refractivity contribution in [3.63, 3.8) is 0 Å². The second-order valence-electron chi connectivity index (χ2n) is 6.40. The first kappa shape index (κ1) is 15.2. The van der Waals surface area contributed by atoms with Gasteiger partial charge in [0.15, 0.2) is 0 Å². The van der Waals surface area contributed by atoms with Crippen molar-refractivity contribution in [2.75, 3.05) is 13.1 Å². The second kappa shape index (κ2) is 5.84. The summed E-state index contributed by atoms with van der Waals surface area (Å²) in [6.45, 7) is 7.78. The van der Waals surface area contributed by atoms with Crippen molar-refractivity contribution in [2.45, 2.75) is 39.0 Å². The van der Waals surface area contributed by atoms with Gasteiger partial charge in [0.2, 0.25) is 0 Å². The lowest BCUT2D eigenvalue weighted by atomic mass is 9.76. The molecule has 4 heteroatoms. The van der Waals surface area contributed by atoms with E-state index < -0.39 is 0 Å². The summed E-state index contributed by atoms with van der Waals surface area (Å²) in [6.07, 6.45) is 2.18. The van der Waals surface area contributed by atoms with Crippen LogP contribution in [-0.4, -0.2) is 28.9 Å². The fourth-order valence-corrected chi connectivity index (χ4v) is 4.25. The first-order valence-corrected chi connectivity index (χ1v) is 8.60. The van der Waals surface area contributed by atoms with E-state index in [1.165, 1.54) is 16.9 Å². The van der Waals surface area contributed by atoms with Crippen LogP contribution in [0.25, 0.3) is 0 Å². The number of likely N-dealkylation sites (tertiary alicyclic amines) is 1. The molecule has 0 radical (unpaired) electrons. The Balaban J connectivity index is 1.84. The summed E-state index contributed by atoms with van der Waals surface area (Å²) in [7, 11) is 0. The van der Waals surface area contributed by atoms with Crippen LogP contribution in [0.2, 0.25) is 0 Å². The topological polar surface area (TPSA) is 33.2 Å². The first-order chi connectivity index (χ1) is 10.5. The number of nitrogens with zero attached hydrogens (tertiary/aromatic N) is 2. The van der Waals surface area contributed by atoms with Gasteiger partial charge in [0.05, 0.1) is 10.7 Å². The van der Waals surface area contributed by atoms with Gasteiger partial charge in [0.1, 0.15) is 4.88 Å². The number of carbonyl (C=O) groups excluding carboxylic acids is 1. The number of aryl methyl sites for hydroxylation is 2. The molecule has 3 rings (SSSR count). The van der Waals surface area contributed by atoms with Crippen molar-refractivity contribution in [3.05, 3.63) is 51.5 Å². The number of aromatic nitrogens is 1. The fraction of sp³-hybridized carbons (Fsp3) is 0.444. The van der Waals surface area contributed by atoms with Gasteiger partial charge in [-0.2, -0.15) is 0 Å². The van der Waals surface area contributed by atoms with Crippen LogP contribution >= 0.6 is 11.3 Å². The van der Waals surface area contributed by atoms with Crippen LogP contribution in [0, 0.1) is 13.8 Å². The SMILES string of the molecule is Cc1nc(C)c(C(=O)N2CCCC(C)(c3ccccc3)C2)s1. The Morgan fingerprint density at radius 1 is 1.27 bits per heavy atom. The molecule has 116 valence electrons. The van der Waals surface area contributed by atoms with Gasteiger partial charge >= 0.3 is 0 Å². The zero-order valence-electron chi connectivity index (χ0n) is 13.4. The number of hydrogen-bond acceptors (Lipinski definition) is 3. The van der Waals surface area contributed by atoms with E-state index in [1.54, 1.807) is 0 Å². The minimum absolute atomic E-state index is 0.0445. The summed E-state index contributed by atoms with van der Waals surface area (Å²) in [5.41, 5.74) is 2.23. The van der Waals surface area contributed by atoms with E-state index >= 15 is 0 Å². The highest BCUT2D eigenvalue weighted by Gasteiger charge is 2.35. The molecule has 3 nitrogen and oxygen atoms in total. The van der Waals surface area contributed by atoms with Crippen LogP contribution in [0.3, 0.4) is 0 Å². The third kappa shape index (κ3) is 2.80. The highest BCUT2D eigenvalue weighted by atomic mass is 32.1. The molecule has 2 aromatic rings. The molecule has 1 unspecified atom stereocenters. The van der Waals surface area contributed by atoms with Crippen molar-refractivity contribution in [2.24, 2.45) is 0 Å². The zero-order chi connectivity index (χ0) is 15.7. The maximum Gasteiger partial charge on any atom is 0.265 e. The van der Waals surface area contributed by atoms with Gasteiger partial charge < -0.3 is 4.90 Å². The Morgan fingerprint density at radius 3 is 2.64 bits per heavy atom. The maximum atomic E-state index is 12.8. The van der Waals surface area contributed by atoms with Crippen LogP contribution in [0.15, 0.2) is 30.3 Å². The molecule has 1 atom stereocenters. The molecule has 2 heterocycles. The summed E-state index contributed by atoms with van der Waals surface area (Å²) in [6, 6.07) is 10.6. The van der Waals surface area contributed by atoms with Crippen LogP contribution in [-0.2, 0) is 5.41 Å². The Hall–Kier alpha value is -1.68. The average Bonchev–Trinajstić information content (AvgIpc) is 2.86. The van der Waals surface area contributed by atoms with Gasteiger partial charge in [0, 0.05) is 18.5 Å². The highest BCUT2D eigenvalue weighted by Crippen LogP contribution is 2.34. The van der Waals surface area contributed by atoms with E-state index in [2.05, 4.69) is 36.2 Å². The number of rotatable bonds is 2. The lowest BCUT2D eigenvalue weighted by Crippen LogP contribution is -2.47. The second-order valence-corrected chi connectivity index (χ2v) is 7.61. The fourth-order valence-electron chi connectivity index (χ4n) is 3.36. The molecule has 1 fully saturated rings. The van der Waals surface area contributed by atoms with Gasteiger partial charge in [-0.3, -0.25) is 4.79 Å². The van der Waals surface area contributed by atoms with Crippen LogP contribution in [0.4, 0.5) is 0 Å². The minimum atomic E-state index is 0.0445. The Labute approximate surface area is 136 Å². The molecular formula is C18H22N2OS. The van der Waals surface area contributed by atoms with Crippen molar-refractivity contribution in [1.82, 2.24) is 9.88 Å². The lowest BCUT2D eigenvalue weighted by Gasteiger charge is -2.41. The van der Waals surface area contributed by atoms with Gasteiger partial charge in [-0.1, -0.05) is 37.3 Å². The van der Waals surface area contributed by atoms with E-state index in [0.717, 1.165) is 41.5 Å². The van der Waals surface area contributed by atoms with Crippen molar-refractivity contribution in [3.8, 4) is 0 Å². The van der Waals surface area contributed by atoms with Crippen molar-refractivity contribution >= 4 is 17.2 Å². The molecule has 0 saturated carbocycles. The predicted molar refractivity (Wildman–Crippen MR) is 90.5 cm³/mol. The molecule has 1 aromatic heterocycles. The quantitative estimate of drug-likeness (QED) is 0.841. The van der Waals surface area contributed by atoms with E-state index in [9.17, 15) is 4.79 Å². The van der Waals surface area contributed by atoms with E-state index in [0.29, 0.717) is 0 Å². The van der Waals surface area contributed by atoms with Crippen molar-refractivity contribution in [1.29, 1.82) is 0 Å². The van der Waals surface area contributed by atoms with Gasteiger partial charge in [0.25, 0.3) is 5.91 Å². The van der Waals surface area contributed by atoms with Gasteiger partial charge in [-0.05, 0) is 32.3 Å². The summed E-state index contributed by atoms with van der Waals surface area (Å²) in [4.78, 5) is 20.1. The average molecular weight is 314 g/mol. The molecule has 0 spiro atoms. The number of carbonyl (C=O) groups is 1. The monoisotopic (exact) mass is 314 g/mol. The third-order valence-electron chi connectivity index (χ3n) is 4.55. The number of benzene rings is 1. The van der Waals surface area contributed by atoms with Gasteiger partial charge in [-0.25, -0.2) is 4.98 Å². The third-order valence-corrected chi connectivity index (χ3v) is 5.61. The summed E-state index contributed by atoms with van der Waals surface area (Å²) in [5.74, 6) is 0.143. The molecule has 0 aliphatic carbocycles. The smallest absolute Gasteiger partial charge is 0.265 e. The van der Waals surface area contributed by atoms with Crippen LogP contribution < -0.4 is 0 Å². The molecule has 1 saturated heterocycles. The van der Waals surface area contributed by atoms with Crippen LogP contribution in [0.5, 0.6) is 0 Å². The molecule has 0 bridgehead atoms. The van der Waals surface area contributed by atoms with E-state index in [1.807, 2.05) is 24.8 Å². The molecular weight excluding hydrogens is 292 g/mol.